The number of phenolic OH excluding ortho intramolecular Hbond substituents is 2. The number of fused-ring (bicyclic) bond motifs is 2. The van der Waals surface area contributed by atoms with Gasteiger partial charge in [-0.25, -0.2) is 0 Å². The van der Waals surface area contributed by atoms with Gasteiger partial charge in [-0.15, -0.1) is 0 Å². The van der Waals surface area contributed by atoms with Gasteiger partial charge in [0.1, 0.15) is 0 Å². The first kappa shape index (κ1) is 13.2. The van der Waals surface area contributed by atoms with Crippen LogP contribution in [-0.2, 0) is 0 Å². The molecule has 0 heterocycles. The number of carbonyl (C=O) groups excluding carboxylic acids is 2. The van der Waals surface area contributed by atoms with Crippen molar-refractivity contribution in [1.82, 2.24) is 0 Å². The minimum absolute atomic E-state index is 0.00761. The lowest BCUT2D eigenvalue weighted by atomic mass is 9.81. The summed E-state index contributed by atoms with van der Waals surface area (Å²) in [5.74, 6) is -2.02. The second-order valence-corrected chi connectivity index (χ2v) is 4.81. The van der Waals surface area contributed by atoms with Crippen LogP contribution < -0.4 is 4.74 Å². The Morgan fingerprint density at radius 2 is 1.43 bits per heavy atom. The molecule has 5 nitrogen and oxygen atoms in total. The van der Waals surface area contributed by atoms with Crippen LogP contribution in [0.15, 0.2) is 24.3 Å². The highest BCUT2D eigenvalue weighted by Gasteiger charge is 2.36. The summed E-state index contributed by atoms with van der Waals surface area (Å²) in [4.78, 5) is 25.1. The molecule has 3 rings (SSSR count). The summed E-state index contributed by atoms with van der Waals surface area (Å²) in [6.45, 7) is 1.57. The molecular weight excluding hydrogens is 272 g/mol. The molecule has 5 heteroatoms. The van der Waals surface area contributed by atoms with Gasteiger partial charge in [-0.1, -0.05) is 24.3 Å². The van der Waals surface area contributed by atoms with Gasteiger partial charge in [0.25, 0.3) is 0 Å². The van der Waals surface area contributed by atoms with Crippen molar-refractivity contribution in [1.29, 1.82) is 0 Å². The largest absolute Gasteiger partial charge is 0.504 e. The van der Waals surface area contributed by atoms with Crippen molar-refractivity contribution in [2.45, 2.75) is 6.92 Å². The molecule has 0 atom stereocenters. The van der Waals surface area contributed by atoms with E-state index in [2.05, 4.69) is 0 Å². The van der Waals surface area contributed by atoms with Crippen molar-refractivity contribution in [3.8, 4) is 17.2 Å². The number of carbonyl (C=O) groups is 2. The Morgan fingerprint density at radius 1 is 0.905 bits per heavy atom. The molecule has 2 N–H and O–H groups in total. The normalized spacial score (nSPS) is 12.9. The van der Waals surface area contributed by atoms with Crippen LogP contribution in [0.25, 0.3) is 0 Å². The van der Waals surface area contributed by atoms with E-state index in [-0.39, 0.29) is 33.8 Å². The lowest BCUT2D eigenvalue weighted by molar-refractivity contribution is 0.0975. The Balaban J connectivity index is 2.44. The van der Waals surface area contributed by atoms with E-state index in [0.717, 1.165) is 0 Å². The van der Waals surface area contributed by atoms with Crippen molar-refractivity contribution < 1.29 is 24.5 Å². The van der Waals surface area contributed by atoms with Crippen molar-refractivity contribution in [3.63, 3.8) is 0 Å². The van der Waals surface area contributed by atoms with Gasteiger partial charge in [0, 0.05) is 22.3 Å². The van der Waals surface area contributed by atoms with E-state index in [1.165, 1.54) is 13.2 Å². The van der Waals surface area contributed by atoms with Gasteiger partial charge in [0.05, 0.1) is 12.7 Å². The smallest absolute Gasteiger partial charge is 0.201 e. The van der Waals surface area contributed by atoms with E-state index in [1.54, 1.807) is 25.1 Å². The maximum atomic E-state index is 12.6. The number of hydrogen-bond acceptors (Lipinski definition) is 5. The standard InChI is InChI=1S/C16H12O5/c1-7-10-11(14(19)15(20)16(7)21-2)13(18)9-6-4-3-5-8(9)12(10)17/h3-6,19-20H,1-2H3. The van der Waals surface area contributed by atoms with E-state index in [9.17, 15) is 19.8 Å². The van der Waals surface area contributed by atoms with E-state index in [1.807, 2.05) is 0 Å². The van der Waals surface area contributed by atoms with Crippen LogP contribution >= 0.6 is 0 Å². The van der Waals surface area contributed by atoms with E-state index in [0.29, 0.717) is 5.56 Å². The van der Waals surface area contributed by atoms with E-state index < -0.39 is 17.3 Å². The lowest BCUT2D eigenvalue weighted by Crippen LogP contribution is -2.22. The second-order valence-electron chi connectivity index (χ2n) is 4.81. The summed E-state index contributed by atoms with van der Waals surface area (Å²) in [5.41, 5.74) is 0.732. The van der Waals surface area contributed by atoms with E-state index in [4.69, 9.17) is 4.74 Å². The van der Waals surface area contributed by atoms with Crippen LogP contribution in [0.5, 0.6) is 17.2 Å². The number of benzene rings is 2. The zero-order valence-corrected chi connectivity index (χ0v) is 11.4. The quantitative estimate of drug-likeness (QED) is 0.669. The van der Waals surface area contributed by atoms with Crippen LogP contribution in [0.4, 0.5) is 0 Å². The Labute approximate surface area is 120 Å². The Kier molecular flexibility index (Phi) is 2.73. The number of aromatic hydroxyl groups is 2. The number of phenols is 2. The molecule has 1 aliphatic rings. The molecule has 0 fully saturated rings. The fourth-order valence-electron chi connectivity index (χ4n) is 2.73. The second kappa shape index (κ2) is 4.34. The van der Waals surface area contributed by atoms with Gasteiger partial charge in [-0.05, 0) is 6.92 Å². The average Bonchev–Trinajstić information content (AvgIpc) is 2.49. The molecule has 2 aromatic carbocycles. The first-order chi connectivity index (χ1) is 9.99. The number of methoxy groups -OCH3 is 1. The Morgan fingerprint density at radius 3 is 1.95 bits per heavy atom. The summed E-state index contributed by atoms with van der Waals surface area (Å²) in [7, 11) is 1.32. The highest BCUT2D eigenvalue weighted by Crippen LogP contribution is 2.46. The summed E-state index contributed by atoms with van der Waals surface area (Å²) >= 11 is 0. The minimum Gasteiger partial charge on any atom is -0.504 e. The third-order valence-electron chi connectivity index (χ3n) is 3.72. The van der Waals surface area contributed by atoms with Crippen LogP contribution in [-0.4, -0.2) is 28.9 Å². The van der Waals surface area contributed by atoms with E-state index >= 15 is 0 Å². The monoisotopic (exact) mass is 284 g/mol. The van der Waals surface area contributed by atoms with Crippen LogP contribution in [0.2, 0.25) is 0 Å². The zero-order valence-electron chi connectivity index (χ0n) is 11.4. The molecule has 0 amide bonds. The predicted molar refractivity (Wildman–Crippen MR) is 74.4 cm³/mol. The molecule has 0 unspecified atom stereocenters. The molecule has 0 radical (unpaired) electrons. The van der Waals surface area contributed by atoms with Gasteiger partial charge < -0.3 is 14.9 Å². The van der Waals surface area contributed by atoms with Gasteiger partial charge >= 0.3 is 0 Å². The molecule has 21 heavy (non-hydrogen) atoms. The molecule has 0 aromatic heterocycles. The maximum Gasteiger partial charge on any atom is 0.201 e. The Bertz CT molecular complexity index is 805. The molecule has 2 aromatic rings. The van der Waals surface area contributed by atoms with Gasteiger partial charge in [0.15, 0.2) is 23.1 Å². The van der Waals surface area contributed by atoms with Crippen LogP contribution in [0, 0.1) is 6.92 Å². The lowest BCUT2D eigenvalue weighted by Gasteiger charge is -2.22. The minimum atomic E-state index is -0.625. The predicted octanol–water partition coefficient (Wildman–Crippen LogP) is 2.19. The number of hydrogen-bond donors (Lipinski definition) is 2. The third-order valence-corrected chi connectivity index (χ3v) is 3.72. The SMILES string of the molecule is COc1c(C)c2c(c(O)c1O)C(=O)c1ccccc1C2=O. The summed E-state index contributed by atoms with van der Waals surface area (Å²) < 4.78 is 5.02. The number of rotatable bonds is 1. The number of ether oxygens (including phenoxy) is 1. The molecule has 0 spiro atoms. The van der Waals surface area contributed by atoms with Gasteiger partial charge in [-0.2, -0.15) is 0 Å². The molecule has 0 bridgehead atoms. The molecule has 0 aliphatic heterocycles. The summed E-state index contributed by atoms with van der Waals surface area (Å²) in [5, 5.41) is 20.0. The van der Waals surface area contributed by atoms with Gasteiger partial charge in [-0.3, -0.25) is 9.59 Å². The van der Waals surface area contributed by atoms with Crippen molar-refractivity contribution in [2.24, 2.45) is 0 Å². The van der Waals surface area contributed by atoms with Gasteiger partial charge in [0.2, 0.25) is 5.75 Å². The molecular formula is C16H12O5. The maximum absolute atomic E-state index is 12.6. The molecule has 0 saturated carbocycles. The fraction of sp³-hybridized carbons (Fsp3) is 0.125. The Hall–Kier alpha value is -2.82. The number of ketones is 2. The van der Waals surface area contributed by atoms with Crippen molar-refractivity contribution in [3.05, 3.63) is 52.1 Å². The molecule has 0 saturated heterocycles. The first-order valence-electron chi connectivity index (χ1n) is 6.30. The topological polar surface area (TPSA) is 83.8 Å². The van der Waals surface area contributed by atoms with Crippen LogP contribution in [0.1, 0.15) is 37.4 Å². The highest BCUT2D eigenvalue weighted by atomic mass is 16.5. The average molecular weight is 284 g/mol. The molecule has 1 aliphatic carbocycles. The third kappa shape index (κ3) is 1.57. The first-order valence-corrected chi connectivity index (χ1v) is 6.30. The fourth-order valence-corrected chi connectivity index (χ4v) is 2.73. The van der Waals surface area contributed by atoms with Crippen molar-refractivity contribution >= 4 is 11.6 Å². The van der Waals surface area contributed by atoms with Crippen molar-refractivity contribution in [2.75, 3.05) is 7.11 Å². The summed E-state index contributed by atoms with van der Waals surface area (Å²) in [6, 6.07) is 6.40. The summed E-state index contributed by atoms with van der Waals surface area (Å²) in [6.07, 6.45) is 0. The highest BCUT2D eigenvalue weighted by molar-refractivity contribution is 6.30. The zero-order chi connectivity index (χ0) is 15.3. The van der Waals surface area contributed by atoms with Crippen LogP contribution in [0.3, 0.4) is 0 Å². The molecule has 106 valence electrons.